The second-order valence-corrected chi connectivity index (χ2v) is 4.74. The van der Waals surface area contributed by atoms with Crippen molar-refractivity contribution in [1.82, 2.24) is 0 Å². The van der Waals surface area contributed by atoms with Gasteiger partial charge in [-0.05, 0) is 36.6 Å². The molecule has 1 aliphatic heterocycles. The van der Waals surface area contributed by atoms with Gasteiger partial charge in [-0.25, -0.2) is 0 Å². The van der Waals surface area contributed by atoms with Crippen molar-refractivity contribution < 1.29 is 0 Å². The summed E-state index contributed by atoms with van der Waals surface area (Å²) in [6, 6.07) is 6.32. The first-order chi connectivity index (χ1) is 7.22. The minimum absolute atomic E-state index is 0.757. The first-order valence-corrected chi connectivity index (χ1v) is 6.15. The van der Waals surface area contributed by atoms with Crippen molar-refractivity contribution in [3.8, 4) is 0 Å². The van der Waals surface area contributed by atoms with Gasteiger partial charge in [0.05, 0.1) is 0 Å². The van der Waals surface area contributed by atoms with Gasteiger partial charge >= 0.3 is 0 Å². The molecule has 0 bridgehead atoms. The molecule has 0 amide bonds. The van der Waals surface area contributed by atoms with Crippen LogP contribution in [0, 0.1) is 5.41 Å². The Morgan fingerprint density at radius 3 is 2.87 bits per heavy atom. The molecule has 3 heteroatoms. The summed E-state index contributed by atoms with van der Waals surface area (Å²) in [7, 11) is 0. The van der Waals surface area contributed by atoms with Gasteiger partial charge in [-0.2, -0.15) is 0 Å². The molecule has 0 radical (unpaired) electrons. The van der Waals surface area contributed by atoms with Crippen molar-refractivity contribution in [3.63, 3.8) is 0 Å². The van der Waals surface area contributed by atoms with Crippen LogP contribution in [0.15, 0.2) is 22.7 Å². The Morgan fingerprint density at radius 1 is 1.47 bits per heavy atom. The molecule has 0 spiro atoms. The van der Waals surface area contributed by atoms with Gasteiger partial charge in [0.25, 0.3) is 0 Å². The van der Waals surface area contributed by atoms with E-state index >= 15 is 0 Å². The van der Waals surface area contributed by atoms with Crippen molar-refractivity contribution in [1.29, 1.82) is 5.41 Å². The summed E-state index contributed by atoms with van der Waals surface area (Å²) in [5.41, 5.74) is 2.53. The molecule has 2 nitrogen and oxygen atoms in total. The number of halogens is 1. The van der Waals surface area contributed by atoms with E-state index in [-0.39, 0.29) is 0 Å². The Balaban J connectivity index is 2.38. The SMILES string of the molecule is CCc1cc(Br)ccc1N1CCCC1=N. The second-order valence-electron chi connectivity index (χ2n) is 3.83. The Morgan fingerprint density at radius 2 is 2.27 bits per heavy atom. The predicted octanol–water partition coefficient (Wildman–Crippen LogP) is 3.59. The number of aryl methyl sites for hydroxylation is 1. The summed E-state index contributed by atoms with van der Waals surface area (Å²) in [6.45, 7) is 3.15. The molecule has 1 aromatic rings. The van der Waals surface area contributed by atoms with Crippen LogP contribution < -0.4 is 4.90 Å². The molecule has 1 saturated heterocycles. The topological polar surface area (TPSA) is 27.1 Å². The Labute approximate surface area is 98.9 Å². The Kier molecular flexibility index (Phi) is 3.10. The van der Waals surface area contributed by atoms with Gasteiger partial charge in [-0.15, -0.1) is 0 Å². The van der Waals surface area contributed by atoms with Crippen molar-refractivity contribution in [2.24, 2.45) is 0 Å². The molecule has 2 rings (SSSR count). The predicted molar refractivity (Wildman–Crippen MR) is 67.8 cm³/mol. The lowest BCUT2D eigenvalue weighted by Crippen LogP contribution is -2.24. The van der Waals surface area contributed by atoms with Gasteiger partial charge in [0.15, 0.2) is 0 Å². The quantitative estimate of drug-likeness (QED) is 0.871. The molecular formula is C12H15BrN2. The maximum atomic E-state index is 7.88. The summed E-state index contributed by atoms with van der Waals surface area (Å²) in [5.74, 6) is 0.757. The van der Waals surface area contributed by atoms with Crippen molar-refractivity contribution in [3.05, 3.63) is 28.2 Å². The maximum Gasteiger partial charge on any atom is 0.100 e. The first-order valence-electron chi connectivity index (χ1n) is 5.35. The lowest BCUT2D eigenvalue weighted by molar-refractivity contribution is 0.949. The molecule has 0 saturated carbocycles. The molecule has 1 aromatic carbocycles. The average molecular weight is 267 g/mol. The Bertz CT molecular complexity index is 387. The van der Waals surface area contributed by atoms with Crippen LogP contribution in [0.3, 0.4) is 0 Å². The van der Waals surface area contributed by atoms with Gasteiger partial charge in [-0.1, -0.05) is 22.9 Å². The number of amidine groups is 1. The maximum absolute atomic E-state index is 7.88. The molecule has 0 unspecified atom stereocenters. The summed E-state index contributed by atoms with van der Waals surface area (Å²) < 4.78 is 1.12. The van der Waals surface area contributed by atoms with Crippen LogP contribution in [0.2, 0.25) is 0 Å². The first kappa shape index (κ1) is 10.7. The van der Waals surface area contributed by atoms with E-state index in [1.54, 1.807) is 0 Å². The number of hydrogen-bond donors (Lipinski definition) is 1. The van der Waals surface area contributed by atoms with Crippen LogP contribution in [0.4, 0.5) is 5.69 Å². The molecule has 1 N–H and O–H groups in total. The van der Waals surface area contributed by atoms with Crippen molar-refractivity contribution in [2.45, 2.75) is 26.2 Å². The highest BCUT2D eigenvalue weighted by Crippen LogP contribution is 2.28. The van der Waals surface area contributed by atoms with Gasteiger partial charge in [0, 0.05) is 23.1 Å². The highest BCUT2D eigenvalue weighted by atomic mass is 79.9. The smallest absolute Gasteiger partial charge is 0.100 e. The van der Waals surface area contributed by atoms with Crippen LogP contribution in [0.5, 0.6) is 0 Å². The van der Waals surface area contributed by atoms with E-state index < -0.39 is 0 Å². The van der Waals surface area contributed by atoms with Crippen LogP contribution >= 0.6 is 15.9 Å². The van der Waals surface area contributed by atoms with Gasteiger partial charge in [0.2, 0.25) is 0 Å². The third-order valence-corrected chi connectivity index (χ3v) is 3.33. The summed E-state index contributed by atoms with van der Waals surface area (Å²) in [6.07, 6.45) is 3.04. The van der Waals surface area contributed by atoms with E-state index in [9.17, 15) is 0 Å². The zero-order chi connectivity index (χ0) is 10.8. The number of benzene rings is 1. The third-order valence-electron chi connectivity index (χ3n) is 2.83. The molecule has 1 fully saturated rings. The number of nitrogens with zero attached hydrogens (tertiary/aromatic N) is 1. The van der Waals surface area contributed by atoms with E-state index in [1.807, 2.05) is 0 Å². The lowest BCUT2D eigenvalue weighted by Gasteiger charge is -2.21. The van der Waals surface area contributed by atoms with Crippen molar-refractivity contribution in [2.75, 3.05) is 11.4 Å². The van der Waals surface area contributed by atoms with E-state index in [0.29, 0.717) is 0 Å². The molecule has 80 valence electrons. The van der Waals surface area contributed by atoms with E-state index in [4.69, 9.17) is 5.41 Å². The number of anilines is 1. The largest absolute Gasteiger partial charge is 0.330 e. The minimum atomic E-state index is 0.757. The summed E-state index contributed by atoms with van der Waals surface area (Å²) in [5, 5.41) is 7.88. The summed E-state index contributed by atoms with van der Waals surface area (Å²) in [4.78, 5) is 2.13. The second kappa shape index (κ2) is 4.35. The number of nitrogens with one attached hydrogen (secondary N) is 1. The molecule has 0 aliphatic carbocycles. The molecule has 1 aliphatic rings. The van der Waals surface area contributed by atoms with Crippen LogP contribution in [-0.2, 0) is 6.42 Å². The molecule has 0 aromatic heterocycles. The normalized spacial score (nSPS) is 16.1. The van der Waals surface area contributed by atoms with E-state index in [2.05, 4.69) is 46.0 Å². The van der Waals surface area contributed by atoms with E-state index in [0.717, 1.165) is 36.1 Å². The lowest BCUT2D eigenvalue weighted by atomic mass is 10.1. The molecule has 1 heterocycles. The standard InChI is InChI=1S/C12H15BrN2/c1-2-9-8-10(13)5-6-11(9)15-7-3-4-12(15)14/h5-6,8,14H,2-4,7H2,1H3. The zero-order valence-corrected chi connectivity index (χ0v) is 10.5. The fraction of sp³-hybridized carbons (Fsp3) is 0.417. The minimum Gasteiger partial charge on any atom is -0.330 e. The highest BCUT2D eigenvalue weighted by Gasteiger charge is 2.20. The number of rotatable bonds is 2. The van der Waals surface area contributed by atoms with Crippen LogP contribution in [-0.4, -0.2) is 12.4 Å². The fourth-order valence-corrected chi connectivity index (χ4v) is 2.45. The average Bonchev–Trinajstić information content (AvgIpc) is 2.64. The molecule has 0 atom stereocenters. The third kappa shape index (κ3) is 2.07. The van der Waals surface area contributed by atoms with Gasteiger partial charge in [-0.3, -0.25) is 5.41 Å². The molecule has 15 heavy (non-hydrogen) atoms. The van der Waals surface area contributed by atoms with Gasteiger partial charge < -0.3 is 4.90 Å². The Hall–Kier alpha value is -0.830. The van der Waals surface area contributed by atoms with Gasteiger partial charge in [0.1, 0.15) is 5.84 Å². The monoisotopic (exact) mass is 266 g/mol. The number of hydrogen-bond acceptors (Lipinski definition) is 1. The van der Waals surface area contributed by atoms with Crippen LogP contribution in [0.1, 0.15) is 25.3 Å². The van der Waals surface area contributed by atoms with Crippen LogP contribution in [0.25, 0.3) is 0 Å². The summed E-state index contributed by atoms with van der Waals surface area (Å²) >= 11 is 3.49. The highest BCUT2D eigenvalue weighted by molar-refractivity contribution is 9.10. The molecular weight excluding hydrogens is 252 g/mol. The zero-order valence-electron chi connectivity index (χ0n) is 8.89. The van der Waals surface area contributed by atoms with E-state index in [1.165, 1.54) is 11.3 Å². The fourth-order valence-electron chi connectivity index (χ4n) is 2.04. The van der Waals surface area contributed by atoms with Crippen molar-refractivity contribution >= 4 is 27.5 Å².